The average molecular weight is 322 g/mol. The Morgan fingerprint density at radius 1 is 1.42 bits per heavy atom. The first-order valence-corrected chi connectivity index (χ1v) is 7.99. The number of nitrogens with one attached hydrogen (secondary N) is 2. The number of H-pyrrole nitrogens is 1. The Morgan fingerprint density at radius 2 is 2.29 bits per heavy atom. The maximum absolute atomic E-state index is 12.1. The molecule has 1 saturated carbocycles. The third kappa shape index (κ3) is 2.82. The quantitative estimate of drug-likeness (QED) is 0.756. The van der Waals surface area contributed by atoms with Gasteiger partial charge in [0.05, 0.1) is 13.5 Å². The van der Waals surface area contributed by atoms with Gasteiger partial charge < -0.3 is 15.0 Å². The second kappa shape index (κ2) is 5.96. The lowest BCUT2D eigenvalue weighted by atomic mass is 10.1. The van der Waals surface area contributed by atoms with Crippen molar-refractivity contribution in [2.24, 2.45) is 0 Å². The lowest BCUT2D eigenvalue weighted by Crippen LogP contribution is -2.26. The molecule has 0 saturated heterocycles. The van der Waals surface area contributed by atoms with Crippen molar-refractivity contribution in [2.45, 2.75) is 25.3 Å². The van der Waals surface area contributed by atoms with Crippen LogP contribution in [-0.4, -0.2) is 34.0 Å². The normalized spacial score (nSPS) is 13.9. The fraction of sp³-hybridized carbons (Fsp3) is 0.278. The predicted molar refractivity (Wildman–Crippen MR) is 90.7 cm³/mol. The Kier molecular flexibility index (Phi) is 3.65. The molecule has 6 nitrogen and oxygen atoms in total. The largest absolute Gasteiger partial charge is 0.481 e. The van der Waals surface area contributed by atoms with E-state index in [1.807, 2.05) is 24.4 Å². The zero-order valence-corrected chi connectivity index (χ0v) is 13.4. The highest BCUT2D eigenvalue weighted by molar-refractivity contribution is 5.90. The maximum Gasteiger partial charge on any atom is 0.224 e. The molecule has 0 aromatic carbocycles. The van der Waals surface area contributed by atoms with Gasteiger partial charge in [-0.2, -0.15) is 0 Å². The molecule has 0 aliphatic heterocycles. The van der Waals surface area contributed by atoms with E-state index >= 15 is 0 Å². The van der Waals surface area contributed by atoms with Crippen LogP contribution in [0, 0.1) is 0 Å². The zero-order chi connectivity index (χ0) is 16.5. The molecule has 1 aliphatic carbocycles. The number of amides is 1. The van der Waals surface area contributed by atoms with Crippen LogP contribution in [0.3, 0.4) is 0 Å². The van der Waals surface area contributed by atoms with Crippen molar-refractivity contribution in [2.75, 3.05) is 7.11 Å². The minimum atomic E-state index is 0.0581. The molecule has 1 aliphatic rings. The number of pyridine rings is 2. The molecule has 0 unspecified atom stereocenters. The number of ether oxygens (including phenoxy) is 1. The van der Waals surface area contributed by atoms with Crippen molar-refractivity contribution in [3.05, 3.63) is 42.4 Å². The molecule has 122 valence electrons. The number of carbonyl (C=O) groups is 1. The summed E-state index contributed by atoms with van der Waals surface area (Å²) in [6.45, 7) is 0. The maximum atomic E-state index is 12.1. The Bertz CT molecular complexity index is 899. The fourth-order valence-corrected chi connectivity index (χ4v) is 2.80. The van der Waals surface area contributed by atoms with Crippen LogP contribution in [0.4, 0.5) is 0 Å². The minimum absolute atomic E-state index is 0.0581. The van der Waals surface area contributed by atoms with Crippen molar-refractivity contribution in [1.82, 2.24) is 20.3 Å². The molecule has 3 aromatic rings. The van der Waals surface area contributed by atoms with Crippen molar-refractivity contribution in [3.8, 4) is 17.0 Å². The smallest absolute Gasteiger partial charge is 0.224 e. The van der Waals surface area contributed by atoms with Crippen LogP contribution in [-0.2, 0) is 11.2 Å². The van der Waals surface area contributed by atoms with E-state index in [0.29, 0.717) is 18.3 Å². The number of hydrogen-bond donors (Lipinski definition) is 2. The molecule has 1 amide bonds. The molecule has 3 heterocycles. The van der Waals surface area contributed by atoms with Crippen LogP contribution < -0.4 is 10.1 Å². The Balaban J connectivity index is 1.68. The average Bonchev–Trinajstić information content (AvgIpc) is 3.34. The number of methoxy groups -OCH3 is 1. The first-order valence-electron chi connectivity index (χ1n) is 7.99. The van der Waals surface area contributed by atoms with Gasteiger partial charge in [-0.15, -0.1) is 0 Å². The van der Waals surface area contributed by atoms with Gasteiger partial charge in [-0.3, -0.25) is 4.79 Å². The second-order valence-corrected chi connectivity index (χ2v) is 6.01. The standard InChI is InChI=1S/C18H18N4O2/c1-24-18-14(3-2-6-19-18)11-7-15-12(10-21-17(15)20-9-11)8-16(23)22-13-4-5-13/h2-3,6-7,9-10,13H,4-5,8H2,1H3,(H,20,21)(H,22,23). The molecule has 4 rings (SSSR count). The van der Waals surface area contributed by atoms with Gasteiger partial charge in [0, 0.05) is 41.1 Å². The van der Waals surface area contributed by atoms with Crippen LogP contribution in [0.5, 0.6) is 5.88 Å². The van der Waals surface area contributed by atoms with Gasteiger partial charge in [-0.1, -0.05) is 0 Å². The van der Waals surface area contributed by atoms with Crippen LogP contribution in [0.25, 0.3) is 22.2 Å². The summed E-state index contributed by atoms with van der Waals surface area (Å²) in [5.74, 6) is 0.616. The highest BCUT2D eigenvalue weighted by atomic mass is 16.5. The van der Waals surface area contributed by atoms with Gasteiger partial charge in [0.1, 0.15) is 5.65 Å². The van der Waals surface area contributed by atoms with Gasteiger partial charge >= 0.3 is 0 Å². The Labute approximate surface area is 139 Å². The second-order valence-electron chi connectivity index (χ2n) is 6.01. The van der Waals surface area contributed by atoms with E-state index in [-0.39, 0.29) is 5.91 Å². The molecular formula is C18H18N4O2. The van der Waals surface area contributed by atoms with Crippen LogP contribution in [0.1, 0.15) is 18.4 Å². The van der Waals surface area contributed by atoms with Crippen molar-refractivity contribution in [1.29, 1.82) is 0 Å². The number of fused-ring (bicyclic) bond motifs is 1. The van der Waals surface area contributed by atoms with E-state index in [1.165, 1.54) is 0 Å². The third-order valence-electron chi connectivity index (χ3n) is 4.19. The monoisotopic (exact) mass is 322 g/mol. The molecule has 3 aromatic heterocycles. The fourth-order valence-electron chi connectivity index (χ4n) is 2.80. The van der Waals surface area contributed by atoms with E-state index in [4.69, 9.17) is 4.74 Å². The van der Waals surface area contributed by atoms with Gasteiger partial charge in [0.15, 0.2) is 0 Å². The lowest BCUT2D eigenvalue weighted by molar-refractivity contribution is -0.120. The Morgan fingerprint density at radius 3 is 3.08 bits per heavy atom. The van der Waals surface area contributed by atoms with Gasteiger partial charge in [-0.25, -0.2) is 9.97 Å². The SMILES string of the molecule is COc1ncccc1-c1cnc2[nH]cc(CC(=O)NC3CC3)c2c1. The summed E-state index contributed by atoms with van der Waals surface area (Å²) in [5, 5.41) is 3.97. The summed E-state index contributed by atoms with van der Waals surface area (Å²) in [6, 6.07) is 6.21. The molecule has 0 radical (unpaired) electrons. The molecular weight excluding hydrogens is 304 g/mol. The summed E-state index contributed by atoms with van der Waals surface area (Å²) < 4.78 is 5.33. The predicted octanol–water partition coefficient (Wildman–Crippen LogP) is 2.45. The number of hydrogen-bond acceptors (Lipinski definition) is 4. The van der Waals surface area contributed by atoms with Crippen molar-refractivity contribution in [3.63, 3.8) is 0 Å². The summed E-state index contributed by atoms with van der Waals surface area (Å²) in [5.41, 5.74) is 3.51. The van der Waals surface area contributed by atoms with Gasteiger partial charge in [-0.05, 0) is 36.6 Å². The van der Waals surface area contributed by atoms with Crippen molar-refractivity contribution < 1.29 is 9.53 Å². The third-order valence-corrected chi connectivity index (χ3v) is 4.19. The zero-order valence-electron chi connectivity index (χ0n) is 13.4. The molecule has 1 fully saturated rings. The van der Waals surface area contributed by atoms with Gasteiger partial charge in [0.25, 0.3) is 0 Å². The molecule has 6 heteroatoms. The Hall–Kier alpha value is -2.89. The summed E-state index contributed by atoms with van der Waals surface area (Å²) in [7, 11) is 1.60. The van der Waals surface area contributed by atoms with Crippen molar-refractivity contribution >= 4 is 16.9 Å². The number of nitrogens with zero attached hydrogens (tertiary/aromatic N) is 2. The summed E-state index contributed by atoms with van der Waals surface area (Å²) in [6.07, 6.45) is 7.86. The first-order chi connectivity index (χ1) is 11.7. The van der Waals surface area contributed by atoms with E-state index in [9.17, 15) is 4.79 Å². The minimum Gasteiger partial charge on any atom is -0.481 e. The van der Waals surface area contributed by atoms with E-state index in [0.717, 1.165) is 40.6 Å². The first kappa shape index (κ1) is 14.7. The van der Waals surface area contributed by atoms with E-state index in [1.54, 1.807) is 19.5 Å². The number of rotatable bonds is 5. The molecule has 2 N–H and O–H groups in total. The molecule has 0 bridgehead atoms. The number of aromatic amines is 1. The number of carbonyl (C=O) groups excluding carboxylic acids is 1. The van der Waals surface area contributed by atoms with E-state index < -0.39 is 0 Å². The van der Waals surface area contributed by atoms with Crippen LogP contribution >= 0.6 is 0 Å². The molecule has 24 heavy (non-hydrogen) atoms. The lowest BCUT2D eigenvalue weighted by Gasteiger charge is -2.07. The summed E-state index contributed by atoms with van der Waals surface area (Å²) >= 11 is 0. The van der Waals surface area contributed by atoms with Crippen LogP contribution in [0.15, 0.2) is 36.8 Å². The topological polar surface area (TPSA) is 79.9 Å². The van der Waals surface area contributed by atoms with Crippen LogP contribution in [0.2, 0.25) is 0 Å². The molecule has 0 spiro atoms. The highest BCUT2D eigenvalue weighted by Crippen LogP contribution is 2.30. The van der Waals surface area contributed by atoms with Gasteiger partial charge in [0.2, 0.25) is 11.8 Å². The van der Waals surface area contributed by atoms with E-state index in [2.05, 4.69) is 20.3 Å². The molecule has 0 atom stereocenters. The number of aromatic nitrogens is 3. The highest BCUT2D eigenvalue weighted by Gasteiger charge is 2.23. The summed E-state index contributed by atoms with van der Waals surface area (Å²) in [4.78, 5) is 23.9.